The lowest BCUT2D eigenvalue weighted by molar-refractivity contribution is 0.205. The van der Waals surface area contributed by atoms with E-state index in [0.717, 1.165) is 55.9 Å². The van der Waals surface area contributed by atoms with E-state index in [9.17, 15) is 4.79 Å². The molecule has 0 radical (unpaired) electrons. The molecule has 1 saturated heterocycles. The molecule has 6 nitrogen and oxygen atoms in total. The molecule has 2 heterocycles. The summed E-state index contributed by atoms with van der Waals surface area (Å²) in [4.78, 5) is 17.7. The van der Waals surface area contributed by atoms with Gasteiger partial charge < -0.3 is 9.64 Å². The Kier molecular flexibility index (Phi) is 5.39. The average Bonchev–Trinajstić information content (AvgIpc) is 3.01. The lowest BCUT2D eigenvalue weighted by Gasteiger charge is -2.36. The molecule has 1 aromatic heterocycles. The molecule has 148 valence electrons. The van der Waals surface area contributed by atoms with Crippen LogP contribution in [-0.4, -0.2) is 47.3 Å². The SMILES string of the molecule is CCCn1c(=O)n(CN2CCN(c3ccc(OC)cc3)CC2)c2ccccc21. The minimum absolute atomic E-state index is 0.0978. The lowest BCUT2D eigenvalue weighted by atomic mass is 10.2. The number of ether oxygens (including phenoxy) is 1. The summed E-state index contributed by atoms with van der Waals surface area (Å²) in [6.45, 7) is 7.29. The number of hydrogen-bond donors (Lipinski definition) is 0. The summed E-state index contributed by atoms with van der Waals surface area (Å²) < 4.78 is 9.07. The summed E-state index contributed by atoms with van der Waals surface area (Å²) in [7, 11) is 1.69. The second-order valence-electron chi connectivity index (χ2n) is 7.30. The summed E-state index contributed by atoms with van der Waals surface area (Å²) in [5, 5.41) is 0. The molecule has 0 bridgehead atoms. The van der Waals surface area contributed by atoms with Crippen LogP contribution in [0.5, 0.6) is 5.75 Å². The monoisotopic (exact) mass is 380 g/mol. The Labute approximate surface area is 165 Å². The van der Waals surface area contributed by atoms with E-state index in [1.165, 1.54) is 5.69 Å². The second-order valence-corrected chi connectivity index (χ2v) is 7.30. The first-order valence-electron chi connectivity index (χ1n) is 10.0. The van der Waals surface area contributed by atoms with Gasteiger partial charge in [0.05, 0.1) is 24.8 Å². The predicted molar refractivity (Wildman–Crippen MR) is 113 cm³/mol. The van der Waals surface area contributed by atoms with Gasteiger partial charge in [0.2, 0.25) is 0 Å². The fraction of sp³-hybridized carbons (Fsp3) is 0.409. The van der Waals surface area contributed by atoms with Crippen LogP contribution < -0.4 is 15.3 Å². The van der Waals surface area contributed by atoms with Crippen LogP contribution in [0.1, 0.15) is 13.3 Å². The molecule has 0 unspecified atom stereocenters. The van der Waals surface area contributed by atoms with Gasteiger partial charge in [0, 0.05) is 38.4 Å². The van der Waals surface area contributed by atoms with E-state index < -0.39 is 0 Å². The van der Waals surface area contributed by atoms with Gasteiger partial charge in [-0.05, 0) is 42.8 Å². The molecule has 0 N–H and O–H groups in total. The van der Waals surface area contributed by atoms with Crippen LogP contribution in [0, 0.1) is 0 Å². The van der Waals surface area contributed by atoms with Crippen LogP contribution in [0.25, 0.3) is 11.0 Å². The van der Waals surface area contributed by atoms with Crippen LogP contribution >= 0.6 is 0 Å². The van der Waals surface area contributed by atoms with Gasteiger partial charge in [-0.1, -0.05) is 19.1 Å². The van der Waals surface area contributed by atoms with E-state index in [2.05, 4.69) is 34.9 Å². The van der Waals surface area contributed by atoms with Gasteiger partial charge in [-0.3, -0.25) is 14.0 Å². The summed E-state index contributed by atoms with van der Waals surface area (Å²) in [5.74, 6) is 0.880. The zero-order chi connectivity index (χ0) is 19.5. The summed E-state index contributed by atoms with van der Waals surface area (Å²) in [6.07, 6.45) is 0.953. The third-order valence-electron chi connectivity index (χ3n) is 5.52. The number of nitrogens with zero attached hydrogens (tertiary/aromatic N) is 4. The minimum atomic E-state index is 0.0978. The molecule has 0 atom stereocenters. The molecule has 6 heteroatoms. The highest BCUT2D eigenvalue weighted by Gasteiger charge is 2.20. The number of piperazine rings is 1. The van der Waals surface area contributed by atoms with E-state index >= 15 is 0 Å². The molecule has 3 aromatic rings. The van der Waals surface area contributed by atoms with Crippen molar-refractivity contribution in [1.82, 2.24) is 14.0 Å². The number of hydrogen-bond acceptors (Lipinski definition) is 4. The lowest BCUT2D eigenvalue weighted by Crippen LogP contribution is -2.47. The van der Waals surface area contributed by atoms with Crippen molar-refractivity contribution in [2.45, 2.75) is 26.6 Å². The van der Waals surface area contributed by atoms with Crippen molar-refractivity contribution in [3.8, 4) is 5.75 Å². The van der Waals surface area contributed by atoms with E-state index in [0.29, 0.717) is 6.67 Å². The normalized spacial score (nSPS) is 15.3. The van der Waals surface area contributed by atoms with Crippen LogP contribution in [0.3, 0.4) is 0 Å². The zero-order valence-corrected chi connectivity index (χ0v) is 16.7. The van der Waals surface area contributed by atoms with Crippen molar-refractivity contribution in [2.24, 2.45) is 0 Å². The molecule has 1 aliphatic rings. The first-order valence-corrected chi connectivity index (χ1v) is 10.0. The molecule has 4 rings (SSSR count). The van der Waals surface area contributed by atoms with Crippen LogP contribution in [0.4, 0.5) is 5.69 Å². The highest BCUT2D eigenvalue weighted by Crippen LogP contribution is 2.21. The Morgan fingerprint density at radius 3 is 2.14 bits per heavy atom. The van der Waals surface area contributed by atoms with Crippen molar-refractivity contribution < 1.29 is 4.74 Å². The number of fused-ring (bicyclic) bond motifs is 1. The minimum Gasteiger partial charge on any atom is -0.497 e. The number of aryl methyl sites for hydroxylation is 1. The number of methoxy groups -OCH3 is 1. The zero-order valence-electron chi connectivity index (χ0n) is 16.7. The Morgan fingerprint density at radius 2 is 1.54 bits per heavy atom. The van der Waals surface area contributed by atoms with Crippen molar-refractivity contribution >= 4 is 16.7 Å². The van der Waals surface area contributed by atoms with Crippen molar-refractivity contribution in [2.75, 3.05) is 38.2 Å². The molecule has 0 spiro atoms. The number of rotatable bonds is 6. The van der Waals surface area contributed by atoms with Crippen molar-refractivity contribution in [1.29, 1.82) is 0 Å². The molecular formula is C22H28N4O2. The quantitative estimate of drug-likeness (QED) is 0.659. The average molecular weight is 380 g/mol. The molecule has 0 aliphatic carbocycles. The van der Waals surface area contributed by atoms with Gasteiger partial charge in [-0.25, -0.2) is 4.79 Å². The maximum absolute atomic E-state index is 13.0. The van der Waals surface area contributed by atoms with E-state index in [-0.39, 0.29) is 5.69 Å². The first-order chi connectivity index (χ1) is 13.7. The van der Waals surface area contributed by atoms with Gasteiger partial charge in [0.15, 0.2) is 0 Å². The summed E-state index contributed by atoms with van der Waals surface area (Å²) in [5.41, 5.74) is 3.38. The number of benzene rings is 2. The Morgan fingerprint density at radius 1 is 0.893 bits per heavy atom. The Hall–Kier alpha value is -2.73. The van der Waals surface area contributed by atoms with Gasteiger partial charge >= 0.3 is 5.69 Å². The second kappa shape index (κ2) is 8.10. The molecule has 0 saturated carbocycles. The highest BCUT2D eigenvalue weighted by atomic mass is 16.5. The van der Waals surface area contributed by atoms with Crippen LogP contribution in [0.15, 0.2) is 53.3 Å². The third-order valence-corrected chi connectivity index (χ3v) is 5.52. The fourth-order valence-electron chi connectivity index (χ4n) is 3.99. The van der Waals surface area contributed by atoms with E-state index in [4.69, 9.17) is 4.74 Å². The molecular weight excluding hydrogens is 352 g/mol. The first kappa shape index (κ1) is 18.6. The molecule has 2 aromatic carbocycles. The van der Waals surface area contributed by atoms with Crippen LogP contribution in [0.2, 0.25) is 0 Å². The van der Waals surface area contributed by atoms with Gasteiger partial charge in [0.25, 0.3) is 0 Å². The largest absolute Gasteiger partial charge is 0.497 e. The van der Waals surface area contributed by atoms with Gasteiger partial charge in [-0.15, -0.1) is 0 Å². The number of para-hydroxylation sites is 2. The summed E-state index contributed by atoms with van der Waals surface area (Å²) >= 11 is 0. The smallest absolute Gasteiger partial charge is 0.330 e. The topological polar surface area (TPSA) is 42.6 Å². The van der Waals surface area contributed by atoms with E-state index in [1.54, 1.807) is 7.11 Å². The maximum atomic E-state index is 13.0. The fourth-order valence-corrected chi connectivity index (χ4v) is 3.99. The Balaban J connectivity index is 1.48. The maximum Gasteiger partial charge on any atom is 0.330 e. The third kappa shape index (κ3) is 3.52. The predicted octanol–water partition coefficient (Wildman–Crippen LogP) is 3.00. The molecule has 1 fully saturated rings. The highest BCUT2D eigenvalue weighted by molar-refractivity contribution is 5.75. The van der Waals surface area contributed by atoms with Gasteiger partial charge in [0.1, 0.15) is 5.75 Å². The molecule has 0 amide bonds. The van der Waals surface area contributed by atoms with Crippen molar-refractivity contribution in [3.05, 3.63) is 59.0 Å². The number of imidazole rings is 1. The number of aromatic nitrogens is 2. The van der Waals surface area contributed by atoms with Crippen molar-refractivity contribution in [3.63, 3.8) is 0 Å². The Bertz CT molecular complexity index is 982. The van der Waals surface area contributed by atoms with Crippen LogP contribution in [-0.2, 0) is 13.2 Å². The van der Waals surface area contributed by atoms with E-state index in [1.807, 2.05) is 39.5 Å². The standard InChI is InChI=1S/C22H28N4O2/c1-3-12-25-20-6-4-5-7-21(20)26(22(25)27)17-23-13-15-24(16-14-23)18-8-10-19(28-2)11-9-18/h4-11H,3,12-17H2,1-2H3. The molecule has 28 heavy (non-hydrogen) atoms. The van der Waals surface area contributed by atoms with Gasteiger partial charge in [-0.2, -0.15) is 0 Å². The summed E-state index contributed by atoms with van der Waals surface area (Å²) in [6, 6.07) is 16.3. The number of anilines is 1. The molecule has 1 aliphatic heterocycles.